The van der Waals surface area contributed by atoms with Gasteiger partial charge in [-0.25, -0.2) is 9.97 Å². The molecule has 0 unspecified atom stereocenters. The van der Waals surface area contributed by atoms with Crippen molar-refractivity contribution >= 4 is 17.5 Å². The summed E-state index contributed by atoms with van der Waals surface area (Å²) < 4.78 is 0. The minimum Gasteiger partial charge on any atom is -0.338 e. The molecule has 6 heteroatoms. The molecule has 1 aliphatic rings. The molecular formula is C20H27N5O. The Hall–Kier alpha value is -2.47. The molecule has 1 N–H and O–H groups in total. The van der Waals surface area contributed by atoms with Gasteiger partial charge < -0.3 is 15.1 Å². The molecule has 1 aliphatic heterocycles. The molecule has 1 aromatic carbocycles. The van der Waals surface area contributed by atoms with E-state index in [4.69, 9.17) is 0 Å². The lowest BCUT2D eigenvalue weighted by molar-refractivity contribution is 0.102. The number of hydrogen-bond acceptors (Lipinski definition) is 5. The summed E-state index contributed by atoms with van der Waals surface area (Å²) in [4.78, 5) is 26.4. The molecule has 1 fully saturated rings. The Kier molecular flexibility index (Phi) is 5.23. The maximum absolute atomic E-state index is 12.6. The van der Waals surface area contributed by atoms with Gasteiger partial charge in [0.25, 0.3) is 5.91 Å². The third-order valence-electron chi connectivity index (χ3n) is 5.05. The van der Waals surface area contributed by atoms with Gasteiger partial charge in [-0.2, -0.15) is 0 Å². The third kappa shape index (κ3) is 3.85. The highest BCUT2D eigenvalue weighted by Gasteiger charge is 2.19. The van der Waals surface area contributed by atoms with E-state index in [9.17, 15) is 4.79 Å². The van der Waals surface area contributed by atoms with Gasteiger partial charge in [-0.15, -0.1) is 0 Å². The number of amides is 1. The number of piperazine rings is 1. The number of carbonyl (C=O) groups is 1. The molecule has 138 valence electrons. The molecule has 3 rings (SSSR count). The first-order chi connectivity index (χ1) is 12.3. The second-order valence-corrected chi connectivity index (χ2v) is 7.11. The zero-order chi connectivity index (χ0) is 18.8. The van der Waals surface area contributed by atoms with Gasteiger partial charge in [0.1, 0.15) is 0 Å². The van der Waals surface area contributed by atoms with Crippen molar-refractivity contribution in [1.29, 1.82) is 0 Å². The van der Waals surface area contributed by atoms with Gasteiger partial charge in [0.15, 0.2) is 0 Å². The Labute approximate surface area is 155 Å². The molecule has 0 radical (unpaired) electrons. The molecule has 6 nitrogen and oxygen atoms in total. The van der Waals surface area contributed by atoms with Crippen LogP contribution >= 0.6 is 0 Å². The van der Waals surface area contributed by atoms with Crippen molar-refractivity contribution in [3.63, 3.8) is 0 Å². The summed E-state index contributed by atoms with van der Waals surface area (Å²) in [5.74, 6) is 0.618. The lowest BCUT2D eigenvalue weighted by Crippen LogP contribution is -2.45. The molecule has 0 aliphatic carbocycles. The average Bonchev–Trinajstić information content (AvgIpc) is 2.60. The molecule has 0 saturated carbocycles. The second-order valence-electron chi connectivity index (χ2n) is 7.11. The first-order valence-electron chi connectivity index (χ1n) is 9.02. The largest absolute Gasteiger partial charge is 0.338 e. The van der Waals surface area contributed by atoms with E-state index in [1.54, 1.807) is 0 Å². The average molecular weight is 353 g/mol. The Morgan fingerprint density at radius 3 is 2.15 bits per heavy atom. The molecule has 2 heterocycles. The van der Waals surface area contributed by atoms with Crippen molar-refractivity contribution in [2.45, 2.75) is 27.7 Å². The van der Waals surface area contributed by atoms with E-state index >= 15 is 0 Å². The SMILES string of the molecule is Cc1ccc(C(=O)Nc2c(C)nc(N3CCN(C)CC3)nc2C)cc1C. The second kappa shape index (κ2) is 7.41. The number of aryl methyl sites for hydroxylation is 4. The van der Waals surface area contributed by atoms with E-state index in [1.807, 2.05) is 45.9 Å². The number of nitrogens with one attached hydrogen (secondary N) is 1. The molecular weight excluding hydrogens is 326 g/mol. The van der Waals surface area contributed by atoms with Crippen LogP contribution in [0.2, 0.25) is 0 Å². The fourth-order valence-electron chi connectivity index (χ4n) is 3.10. The van der Waals surface area contributed by atoms with Crippen LogP contribution in [0, 0.1) is 27.7 Å². The highest BCUT2D eigenvalue weighted by atomic mass is 16.1. The summed E-state index contributed by atoms with van der Waals surface area (Å²) in [7, 11) is 2.13. The number of nitrogens with zero attached hydrogens (tertiary/aromatic N) is 4. The van der Waals surface area contributed by atoms with Gasteiger partial charge in [0, 0.05) is 31.7 Å². The summed E-state index contributed by atoms with van der Waals surface area (Å²) in [6.45, 7) is 11.7. The van der Waals surface area contributed by atoms with Crippen LogP contribution in [-0.4, -0.2) is 54.0 Å². The normalized spacial score (nSPS) is 15.2. The molecule has 0 atom stereocenters. The zero-order valence-corrected chi connectivity index (χ0v) is 16.3. The first-order valence-corrected chi connectivity index (χ1v) is 9.02. The smallest absolute Gasteiger partial charge is 0.255 e. The number of hydrogen-bond donors (Lipinski definition) is 1. The summed E-state index contributed by atoms with van der Waals surface area (Å²) in [6, 6.07) is 5.73. The van der Waals surface area contributed by atoms with Crippen molar-refractivity contribution in [2.75, 3.05) is 43.4 Å². The summed E-state index contributed by atoms with van der Waals surface area (Å²) in [5, 5.41) is 2.99. The molecule has 0 spiro atoms. The predicted molar refractivity (Wildman–Crippen MR) is 105 cm³/mol. The van der Waals surface area contributed by atoms with Gasteiger partial charge in [0.2, 0.25) is 5.95 Å². The van der Waals surface area contributed by atoms with Gasteiger partial charge >= 0.3 is 0 Å². The summed E-state index contributed by atoms with van der Waals surface area (Å²) in [5.41, 5.74) is 5.22. The Morgan fingerprint density at radius 1 is 0.962 bits per heavy atom. The molecule has 26 heavy (non-hydrogen) atoms. The predicted octanol–water partition coefficient (Wildman–Crippen LogP) is 2.71. The van der Waals surface area contributed by atoms with Crippen molar-refractivity contribution in [1.82, 2.24) is 14.9 Å². The van der Waals surface area contributed by atoms with Crippen LogP contribution in [0.15, 0.2) is 18.2 Å². The van der Waals surface area contributed by atoms with Gasteiger partial charge in [-0.05, 0) is 58.0 Å². The Bertz CT molecular complexity index is 802. The van der Waals surface area contributed by atoms with E-state index in [1.165, 1.54) is 5.56 Å². The monoisotopic (exact) mass is 353 g/mol. The maximum Gasteiger partial charge on any atom is 0.255 e. The topological polar surface area (TPSA) is 61.4 Å². The van der Waals surface area contributed by atoms with Gasteiger partial charge in [0.05, 0.1) is 17.1 Å². The van der Waals surface area contributed by atoms with E-state index in [2.05, 4.69) is 32.1 Å². The zero-order valence-electron chi connectivity index (χ0n) is 16.3. The highest BCUT2D eigenvalue weighted by molar-refractivity contribution is 6.05. The maximum atomic E-state index is 12.6. The number of carbonyl (C=O) groups excluding carboxylic acids is 1. The van der Waals surface area contributed by atoms with Crippen LogP contribution in [0.4, 0.5) is 11.6 Å². The van der Waals surface area contributed by atoms with Gasteiger partial charge in [-0.3, -0.25) is 4.79 Å². The number of anilines is 2. The number of aromatic nitrogens is 2. The van der Waals surface area contributed by atoms with Crippen molar-refractivity contribution in [3.8, 4) is 0 Å². The number of benzene rings is 1. The van der Waals surface area contributed by atoms with Gasteiger partial charge in [-0.1, -0.05) is 6.07 Å². The Balaban J connectivity index is 1.80. The standard InChI is InChI=1S/C20H27N5O/c1-13-6-7-17(12-14(13)2)19(26)23-18-15(3)21-20(22-16(18)4)25-10-8-24(5)9-11-25/h6-7,12H,8-11H2,1-5H3,(H,23,26). The lowest BCUT2D eigenvalue weighted by Gasteiger charge is -2.32. The van der Waals surface area contributed by atoms with Crippen molar-refractivity contribution in [3.05, 3.63) is 46.3 Å². The van der Waals surface area contributed by atoms with Crippen molar-refractivity contribution in [2.24, 2.45) is 0 Å². The van der Waals surface area contributed by atoms with Crippen molar-refractivity contribution < 1.29 is 4.79 Å². The Morgan fingerprint density at radius 2 is 1.58 bits per heavy atom. The summed E-state index contributed by atoms with van der Waals surface area (Å²) in [6.07, 6.45) is 0. The minimum atomic E-state index is -0.129. The minimum absolute atomic E-state index is 0.129. The van der Waals surface area contributed by atoms with E-state index in [0.717, 1.165) is 49.1 Å². The van der Waals surface area contributed by atoms with Crippen LogP contribution in [0.1, 0.15) is 32.9 Å². The molecule has 2 aromatic rings. The number of likely N-dealkylation sites (N-methyl/N-ethyl adjacent to an activating group) is 1. The molecule has 1 saturated heterocycles. The molecule has 1 amide bonds. The van der Waals surface area contributed by atoms with Crippen LogP contribution in [0.25, 0.3) is 0 Å². The van der Waals surface area contributed by atoms with E-state index < -0.39 is 0 Å². The van der Waals surface area contributed by atoms with E-state index in [-0.39, 0.29) is 5.91 Å². The fraction of sp³-hybridized carbons (Fsp3) is 0.450. The van der Waals surface area contributed by atoms with Crippen LogP contribution in [-0.2, 0) is 0 Å². The van der Waals surface area contributed by atoms with Crippen LogP contribution in [0.3, 0.4) is 0 Å². The quantitative estimate of drug-likeness (QED) is 0.919. The first kappa shape index (κ1) is 18.3. The lowest BCUT2D eigenvalue weighted by atomic mass is 10.1. The van der Waals surface area contributed by atoms with Crippen LogP contribution < -0.4 is 10.2 Å². The molecule has 0 bridgehead atoms. The summed E-state index contributed by atoms with van der Waals surface area (Å²) >= 11 is 0. The van der Waals surface area contributed by atoms with E-state index in [0.29, 0.717) is 11.3 Å². The third-order valence-corrected chi connectivity index (χ3v) is 5.05. The van der Waals surface area contributed by atoms with Crippen LogP contribution in [0.5, 0.6) is 0 Å². The molecule has 1 aromatic heterocycles. The number of rotatable bonds is 3. The fourth-order valence-corrected chi connectivity index (χ4v) is 3.10. The highest BCUT2D eigenvalue weighted by Crippen LogP contribution is 2.22.